The van der Waals surface area contributed by atoms with Gasteiger partial charge in [0.2, 0.25) is 0 Å². The summed E-state index contributed by atoms with van der Waals surface area (Å²) >= 11 is 0. The lowest BCUT2D eigenvalue weighted by atomic mass is 9.95. The minimum atomic E-state index is 0.297. The van der Waals surface area contributed by atoms with Crippen molar-refractivity contribution >= 4 is 0 Å². The van der Waals surface area contributed by atoms with E-state index in [1.807, 2.05) is 0 Å². The molecule has 0 aliphatic rings. The maximum atomic E-state index is 8.83. The van der Waals surface area contributed by atoms with Crippen LogP contribution in [0.5, 0.6) is 0 Å². The first-order chi connectivity index (χ1) is 7.13. The van der Waals surface area contributed by atoms with Crippen molar-refractivity contribution in [2.45, 2.75) is 39.5 Å². The first-order valence-corrected chi connectivity index (χ1v) is 5.83. The third kappa shape index (κ3) is 4.05. The minimum Gasteiger partial charge on any atom is -0.396 e. The van der Waals surface area contributed by atoms with Gasteiger partial charge in [-0.25, -0.2) is 0 Å². The Hall–Kier alpha value is -0.820. The van der Waals surface area contributed by atoms with Crippen LogP contribution in [-0.2, 0) is 6.42 Å². The largest absolute Gasteiger partial charge is 0.396 e. The lowest BCUT2D eigenvalue weighted by Crippen LogP contribution is -2.02. The van der Waals surface area contributed by atoms with Gasteiger partial charge in [-0.1, -0.05) is 45.0 Å². The van der Waals surface area contributed by atoms with Crippen molar-refractivity contribution in [1.29, 1.82) is 0 Å². The van der Waals surface area contributed by atoms with Crippen molar-refractivity contribution in [2.75, 3.05) is 6.61 Å². The fraction of sp³-hybridized carbons (Fsp3) is 0.571. The van der Waals surface area contributed by atoms with Gasteiger partial charge in [0, 0.05) is 6.61 Å². The molecule has 1 nitrogen and oxygen atoms in total. The van der Waals surface area contributed by atoms with Gasteiger partial charge in [0.1, 0.15) is 0 Å². The van der Waals surface area contributed by atoms with Crippen LogP contribution in [-0.4, -0.2) is 11.7 Å². The Labute approximate surface area is 93.1 Å². The lowest BCUT2D eigenvalue weighted by molar-refractivity contribution is 0.262. The van der Waals surface area contributed by atoms with Crippen LogP contribution >= 0.6 is 0 Å². The molecule has 1 heteroatoms. The summed E-state index contributed by atoms with van der Waals surface area (Å²) in [5.41, 5.74) is 2.77. The summed E-state index contributed by atoms with van der Waals surface area (Å²) < 4.78 is 0. The van der Waals surface area contributed by atoms with Gasteiger partial charge in [0.15, 0.2) is 0 Å². The van der Waals surface area contributed by atoms with Crippen LogP contribution in [0.4, 0.5) is 0 Å². The molecule has 1 rings (SSSR count). The van der Waals surface area contributed by atoms with Crippen LogP contribution in [0.15, 0.2) is 24.3 Å². The van der Waals surface area contributed by atoms with Crippen molar-refractivity contribution < 1.29 is 5.11 Å². The van der Waals surface area contributed by atoms with E-state index in [0.29, 0.717) is 18.4 Å². The molecule has 0 aliphatic heterocycles. The smallest absolute Gasteiger partial charge is 0.0433 e. The first-order valence-electron chi connectivity index (χ1n) is 5.83. The van der Waals surface area contributed by atoms with Crippen LogP contribution in [0.1, 0.15) is 44.2 Å². The molecule has 0 radical (unpaired) electrons. The predicted molar refractivity (Wildman–Crippen MR) is 65.1 cm³/mol. The van der Waals surface area contributed by atoms with Crippen LogP contribution in [0.2, 0.25) is 0 Å². The highest BCUT2D eigenvalue weighted by Crippen LogP contribution is 2.17. The molecule has 0 amide bonds. The molecule has 1 N–H and O–H groups in total. The number of aliphatic hydroxyl groups excluding tert-OH is 1. The molecule has 84 valence electrons. The molecule has 0 fully saturated rings. The van der Waals surface area contributed by atoms with Crippen LogP contribution in [0, 0.1) is 5.92 Å². The summed E-state index contributed by atoms with van der Waals surface area (Å²) in [6.07, 6.45) is 1.96. The van der Waals surface area contributed by atoms with Gasteiger partial charge >= 0.3 is 0 Å². The fourth-order valence-corrected chi connectivity index (χ4v) is 1.76. The Balaban J connectivity index is 2.56. The van der Waals surface area contributed by atoms with E-state index in [0.717, 1.165) is 12.8 Å². The second kappa shape index (κ2) is 5.92. The van der Waals surface area contributed by atoms with Crippen molar-refractivity contribution in [3.05, 3.63) is 35.4 Å². The predicted octanol–water partition coefficient (Wildman–Crippen LogP) is 3.37. The monoisotopic (exact) mass is 206 g/mol. The Morgan fingerprint density at radius 1 is 1.07 bits per heavy atom. The van der Waals surface area contributed by atoms with E-state index in [4.69, 9.17) is 5.11 Å². The fourth-order valence-electron chi connectivity index (χ4n) is 1.76. The Bertz CT molecular complexity index is 274. The molecule has 0 saturated heterocycles. The molecule has 0 aromatic heterocycles. The Kier molecular flexibility index (Phi) is 4.83. The van der Waals surface area contributed by atoms with E-state index in [2.05, 4.69) is 45.0 Å². The van der Waals surface area contributed by atoms with Crippen molar-refractivity contribution in [1.82, 2.24) is 0 Å². The van der Waals surface area contributed by atoms with Gasteiger partial charge < -0.3 is 5.11 Å². The molecule has 1 atom stereocenters. The van der Waals surface area contributed by atoms with Gasteiger partial charge in [0.25, 0.3) is 0 Å². The van der Waals surface area contributed by atoms with E-state index < -0.39 is 0 Å². The van der Waals surface area contributed by atoms with Crippen molar-refractivity contribution in [3.63, 3.8) is 0 Å². The van der Waals surface area contributed by atoms with Gasteiger partial charge in [-0.15, -0.1) is 0 Å². The zero-order valence-corrected chi connectivity index (χ0v) is 10.0. The average Bonchev–Trinajstić information content (AvgIpc) is 2.18. The molecular formula is C14H22O. The maximum Gasteiger partial charge on any atom is 0.0433 e. The normalized spacial score (nSPS) is 13.1. The number of rotatable bonds is 5. The summed E-state index contributed by atoms with van der Waals surface area (Å²) in [5.74, 6) is 1.17. The molecule has 1 unspecified atom stereocenters. The summed E-state index contributed by atoms with van der Waals surface area (Å²) in [5, 5.41) is 8.83. The first kappa shape index (κ1) is 12.3. The van der Waals surface area contributed by atoms with E-state index in [-0.39, 0.29) is 0 Å². The molecule has 0 spiro atoms. The van der Waals surface area contributed by atoms with Gasteiger partial charge in [-0.3, -0.25) is 0 Å². The molecule has 1 aromatic rings. The number of hydrogen-bond acceptors (Lipinski definition) is 1. The van der Waals surface area contributed by atoms with E-state index >= 15 is 0 Å². The summed E-state index contributed by atoms with van der Waals surface area (Å²) in [6.45, 7) is 6.91. The van der Waals surface area contributed by atoms with E-state index in [9.17, 15) is 0 Å². The number of hydrogen-bond donors (Lipinski definition) is 1. The standard InChI is InChI=1S/C14H22O/c1-11(2)14-6-4-13(5-7-14)10-12(3)8-9-15/h4-7,11-12,15H,8-10H2,1-3H3. The lowest BCUT2D eigenvalue weighted by Gasteiger charge is -2.11. The highest BCUT2D eigenvalue weighted by Gasteiger charge is 2.04. The minimum absolute atomic E-state index is 0.297. The van der Waals surface area contributed by atoms with Crippen molar-refractivity contribution in [2.24, 2.45) is 5.92 Å². The zero-order valence-electron chi connectivity index (χ0n) is 10.0. The second-order valence-electron chi connectivity index (χ2n) is 4.72. The molecule has 0 aliphatic carbocycles. The molecular weight excluding hydrogens is 184 g/mol. The SMILES string of the molecule is CC(CCO)Cc1ccc(C(C)C)cc1. The van der Waals surface area contributed by atoms with Gasteiger partial charge in [-0.05, 0) is 35.8 Å². The Morgan fingerprint density at radius 3 is 2.13 bits per heavy atom. The maximum absolute atomic E-state index is 8.83. The summed E-state index contributed by atoms with van der Waals surface area (Å²) in [6, 6.07) is 8.85. The second-order valence-corrected chi connectivity index (χ2v) is 4.72. The van der Waals surface area contributed by atoms with Gasteiger partial charge in [-0.2, -0.15) is 0 Å². The quantitative estimate of drug-likeness (QED) is 0.783. The highest BCUT2D eigenvalue weighted by atomic mass is 16.3. The molecule has 15 heavy (non-hydrogen) atoms. The molecule has 0 bridgehead atoms. The zero-order chi connectivity index (χ0) is 11.3. The highest BCUT2D eigenvalue weighted by molar-refractivity contribution is 5.24. The van der Waals surface area contributed by atoms with E-state index in [1.54, 1.807) is 0 Å². The molecule has 0 saturated carbocycles. The number of aliphatic hydroxyl groups is 1. The third-order valence-corrected chi connectivity index (χ3v) is 2.85. The molecule has 0 heterocycles. The average molecular weight is 206 g/mol. The molecule has 1 aromatic carbocycles. The summed E-state index contributed by atoms with van der Waals surface area (Å²) in [4.78, 5) is 0. The topological polar surface area (TPSA) is 20.2 Å². The van der Waals surface area contributed by atoms with Crippen LogP contribution in [0.3, 0.4) is 0 Å². The summed E-state index contributed by atoms with van der Waals surface area (Å²) in [7, 11) is 0. The van der Waals surface area contributed by atoms with Crippen LogP contribution in [0.25, 0.3) is 0 Å². The van der Waals surface area contributed by atoms with Crippen LogP contribution < -0.4 is 0 Å². The Morgan fingerprint density at radius 2 is 1.67 bits per heavy atom. The van der Waals surface area contributed by atoms with E-state index in [1.165, 1.54) is 11.1 Å². The number of benzene rings is 1. The third-order valence-electron chi connectivity index (χ3n) is 2.85. The van der Waals surface area contributed by atoms with Gasteiger partial charge in [0.05, 0.1) is 0 Å². The van der Waals surface area contributed by atoms with Crippen molar-refractivity contribution in [3.8, 4) is 0 Å².